The summed E-state index contributed by atoms with van der Waals surface area (Å²) in [7, 11) is 0. The van der Waals surface area contributed by atoms with Crippen LogP contribution in [-0.4, -0.2) is 5.91 Å². The van der Waals surface area contributed by atoms with Crippen LogP contribution < -0.4 is 11.1 Å². The van der Waals surface area contributed by atoms with Gasteiger partial charge in [-0.05, 0) is 52.3 Å². The highest BCUT2D eigenvalue weighted by Crippen LogP contribution is 2.27. The van der Waals surface area contributed by atoms with Crippen molar-refractivity contribution in [2.24, 2.45) is 0 Å². The number of anilines is 2. The average Bonchev–Trinajstić information content (AvgIpc) is 2.32. The summed E-state index contributed by atoms with van der Waals surface area (Å²) in [5, 5.41) is 3.68. The number of hydrogen-bond donors (Lipinski definition) is 2. The lowest BCUT2D eigenvalue weighted by atomic mass is 10.2. The molecule has 1 amide bonds. The van der Waals surface area contributed by atoms with Crippen LogP contribution in [0.1, 0.15) is 10.4 Å². The van der Waals surface area contributed by atoms with Crippen LogP contribution >= 0.6 is 39.1 Å². The van der Waals surface area contributed by atoms with Gasteiger partial charge in [-0.25, -0.2) is 0 Å². The molecule has 0 aliphatic rings. The van der Waals surface area contributed by atoms with Crippen LogP contribution in [0.15, 0.2) is 40.9 Å². The quantitative estimate of drug-likeness (QED) is 0.770. The second kappa shape index (κ2) is 5.82. The molecule has 3 N–H and O–H groups in total. The van der Waals surface area contributed by atoms with E-state index in [1.54, 1.807) is 36.4 Å². The van der Waals surface area contributed by atoms with Crippen molar-refractivity contribution in [3.05, 3.63) is 56.5 Å². The molecule has 6 heteroatoms. The lowest BCUT2D eigenvalue weighted by Gasteiger charge is -2.08. The molecule has 98 valence electrons. The Hall–Kier alpha value is -1.23. The number of rotatable bonds is 2. The molecule has 0 heterocycles. The average molecular weight is 360 g/mol. The monoisotopic (exact) mass is 358 g/mol. The first kappa shape index (κ1) is 14.2. The minimum absolute atomic E-state index is 0.308. The Balaban J connectivity index is 2.28. The summed E-state index contributed by atoms with van der Waals surface area (Å²) in [5.74, 6) is -0.308. The fourth-order valence-electron chi connectivity index (χ4n) is 1.53. The Morgan fingerprint density at radius 3 is 2.53 bits per heavy atom. The molecule has 19 heavy (non-hydrogen) atoms. The Bertz CT molecular complexity index is 626. The minimum Gasteiger partial charge on any atom is -0.399 e. The lowest BCUT2D eigenvalue weighted by Crippen LogP contribution is -2.12. The molecule has 0 saturated heterocycles. The first-order valence-electron chi connectivity index (χ1n) is 5.28. The van der Waals surface area contributed by atoms with Gasteiger partial charge >= 0.3 is 0 Å². The molecule has 2 aromatic rings. The number of halogens is 3. The molecule has 0 aliphatic heterocycles. The van der Waals surface area contributed by atoms with E-state index < -0.39 is 0 Å². The fourth-order valence-corrected chi connectivity index (χ4v) is 2.29. The van der Waals surface area contributed by atoms with E-state index >= 15 is 0 Å². The smallest absolute Gasteiger partial charge is 0.255 e. The molecule has 0 fully saturated rings. The van der Waals surface area contributed by atoms with E-state index in [0.717, 1.165) is 4.47 Å². The molecule has 2 rings (SSSR count). The largest absolute Gasteiger partial charge is 0.399 e. The van der Waals surface area contributed by atoms with Gasteiger partial charge < -0.3 is 11.1 Å². The third kappa shape index (κ3) is 3.62. The summed E-state index contributed by atoms with van der Waals surface area (Å²) in [4.78, 5) is 12.1. The molecule has 0 aromatic heterocycles. The molecule has 0 atom stereocenters. The Kier molecular flexibility index (Phi) is 4.34. The van der Waals surface area contributed by atoms with Gasteiger partial charge in [0, 0.05) is 25.8 Å². The highest BCUT2D eigenvalue weighted by atomic mass is 79.9. The Morgan fingerprint density at radius 1 is 1.11 bits per heavy atom. The zero-order valence-corrected chi connectivity index (χ0v) is 12.7. The van der Waals surface area contributed by atoms with Crippen molar-refractivity contribution < 1.29 is 4.79 Å². The van der Waals surface area contributed by atoms with Crippen molar-refractivity contribution in [3.63, 3.8) is 0 Å². The van der Waals surface area contributed by atoms with Gasteiger partial charge in [0.2, 0.25) is 0 Å². The maximum Gasteiger partial charge on any atom is 0.255 e. The van der Waals surface area contributed by atoms with Gasteiger partial charge in [0.25, 0.3) is 5.91 Å². The SMILES string of the molecule is Nc1cc(Cl)cc(C(=O)Nc2cc(Cl)ccc2Br)c1. The maximum atomic E-state index is 12.1. The zero-order valence-electron chi connectivity index (χ0n) is 9.58. The van der Waals surface area contributed by atoms with Gasteiger partial charge in [0.1, 0.15) is 0 Å². The summed E-state index contributed by atoms with van der Waals surface area (Å²) in [6, 6.07) is 9.80. The number of hydrogen-bond acceptors (Lipinski definition) is 2. The van der Waals surface area contributed by atoms with Gasteiger partial charge in [-0.2, -0.15) is 0 Å². The van der Waals surface area contributed by atoms with Gasteiger partial charge in [-0.15, -0.1) is 0 Å². The highest BCUT2D eigenvalue weighted by Gasteiger charge is 2.10. The number of carbonyl (C=O) groups is 1. The van der Waals surface area contributed by atoms with Crippen LogP contribution in [0.3, 0.4) is 0 Å². The van der Waals surface area contributed by atoms with Crippen molar-refractivity contribution in [3.8, 4) is 0 Å². The summed E-state index contributed by atoms with van der Waals surface area (Å²) >= 11 is 15.1. The van der Waals surface area contributed by atoms with Crippen LogP contribution in [0.2, 0.25) is 10.0 Å². The molecule has 0 spiro atoms. The topological polar surface area (TPSA) is 55.1 Å². The van der Waals surface area contributed by atoms with E-state index in [2.05, 4.69) is 21.2 Å². The van der Waals surface area contributed by atoms with Crippen LogP contribution in [0, 0.1) is 0 Å². The first-order chi connectivity index (χ1) is 8.95. The third-order valence-corrected chi connectivity index (χ3v) is 3.50. The van der Waals surface area contributed by atoms with E-state index in [9.17, 15) is 4.79 Å². The van der Waals surface area contributed by atoms with E-state index in [1.807, 2.05) is 0 Å². The standard InChI is InChI=1S/C13H9BrCl2N2O/c14-11-2-1-8(15)6-12(11)18-13(19)7-3-9(16)5-10(17)4-7/h1-6H,17H2,(H,18,19). The van der Waals surface area contributed by atoms with Gasteiger partial charge in [0.05, 0.1) is 5.69 Å². The Morgan fingerprint density at radius 2 is 1.84 bits per heavy atom. The predicted molar refractivity (Wildman–Crippen MR) is 83.0 cm³/mol. The first-order valence-corrected chi connectivity index (χ1v) is 6.83. The normalized spacial score (nSPS) is 10.3. The van der Waals surface area contributed by atoms with E-state index in [-0.39, 0.29) is 5.91 Å². The number of nitrogens with one attached hydrogen (secondary N) is 1. The Labute approximate surface area is 128 Å². The second-order valence-electron chi connectivity index (χ2n) is 3.85. The summed E-state index contributed by atoms with van der Waals surface area (Å²) in [6.07, 6.45) is 0. The van der Waals surface area contributed by atoms with Crippen molar-refractivity contribution in [1.29, 1.82) is 0 Å². The van der Waals surface area contributed by atoms with Crippen LogP contribution in [0.25, 0.3) is 0 Å². The van der Waals surface area contributed by atoms with E-state index in [4.69, 9.17) is 28.9 Å². The molecule has 0 radical (unpaired) electrons. The van der Waals surface area contributed by atoms with Crippen LogP contribution in [-0.2, 0) is 0 Å². The molecule has 0 aliphatic carbocycles. The maximum absolute atomic E-state index is 12.1. The summed E-state index contributed by atoms with van der Waals surface area (Å²) in [6.45, 7) is 0. The highest BCUT2D eigenvalue weighted by molar-refractivity contribution is 9.10. The third-order valence-electron chi connectivity index (χ3n) is 2.36. The summed E-state index contributed by atoms with van der Waals surface area (Å²) in [5.41, 5.74) is 7.05. The number of nitrogen functional groups attached to an aromatic ring is 1. The molecular formula is C13H9BrCl2N2O. The van der Waals surface area contributed by atoms with Crippen molar-refractivity contribution in [2.45, 2.75) is 0 Å². The zero-order chi connectivity index (χ0) is 14.0. The van der Waals surface area contributed by atoms with Crippen molar-refractivity contribution >= 4 is 56.4 Å². The van der Waals surface area contributed by atoms with E-state index in [0.29, 0.717) is 27.0 Å². The molecular weight excluding hydrogens is 351 g/mol. The number of benzene rings is 2. The molecule has 0 unspecified atom stereocenters. The van der Waals surface area contributed by atoms with Gasteiger partial charge in [-0.1, -0.05) is 23.2 Å². The lowest BCUT2D eigenvalue weighted by molar-refractivity contribution is 0.102. The van der Waals surface area contributed by atoms with Crippen LogP contribution in [0.4, 0.5) is 11.4 Å². The summed E-state index contributed by atoms with van der Waals surface area (Å²) < 4.78 is 0.736. The molecule has 0 bridgehead atoms. The second-order valence-corrected chi connectivity index (χ2v) is 5.58. The molecule has 0 saturated carbocycles. The number of carbonyl (C=O) groups excluding carboxylic acids is 1. The minimum atomic E-state index is -0.308. The van der Waals surface area contributed by atoms with E-state index in [1.165, 1.54) is 0 Å². The van der Waals surface area contributed by atoms with Crippen LogP contribution in [0.5, 0.6) is 0 Å². The van der Waals surface area contributed by atoms with Crippen molar-refractivity contribution in [2.75, 3.05) is 11.1 Å². The van der Waals surface area contributed by atoms with Crippen molar-refractivity contribution in [1.82, 2.24) is 0 Å². The number of nitrogens with two attached hydrogens (primary N) is 1. The van der Waals surface area contributed by atoms with Gasteiger partial charge in [-0.3, -0.25) is 4.79 Å². The number of amides is 1. The molecule has 2 aromatic carbocycles. The fraction of sp³-hybridized carbons (Fsp3) is 0. The molecule has 3 nitrogen and oxygen atoms in total. The predicted octanol–water partition coefficient (Wildman–Crippen LogP) is 4.59. The van der Waals surface area contributed by atoms with Gasteiger partial charge in [0.15, 0.2) is 0 Å².